The number of benzene rings is 5. The van der Waals surface area contributed by atoms with Gasteiger partial charge in [-0.15, -0.1) is 0 Å². The zero-order valence-corrected chi connectivity index (χ0v) is 42.8. The van der Waals surface area contributed by atoms with E-state index in [0.717, 1.165) is 157 Å². The molecule has 5 aromatic rings. The molecular formula is C56H74N2O4Sn. The number of hydrogen-bond acceptors (Lipinski definition) is 4. The van der Waals surface area contributed by atoms with Gasteiger partial charge in [0.15, 0.2) is 0 Å². The second kappa shape index (κ2) is 19.1. The van der Waals surface area contributed by atoms with Crippen LogP contribution in [0, 0.1) is 11.8 Å². The van der Waals surface area contributed by atoms with E-state index in [-0.39, 0.29) is 35.7 Å². The van der Waals surface area contributed by atoms with Gasteiger partial charge in [-0.25, -0.2) is 0 Å². The first-order chi connectivity index (χ1) is 30.5. The molecule has 336 valence electrons. The number of carbonyl (C=O) groups excluding carboxylic acids is 4. The van der Waals surface area contributed by atoms with E-state index < -0.39 is 18.4 Å². The maximum atomic E-state index is 15.4. The van der Waals surface area contributed by atoms with Crippen LogP contribution >= 0.6 is 0 Å². The zero-order chi connectivity index (χ0) is 44.7. The molecule has 3 heterocycles. The zero-order valence-electron chi connectivity index (χ0n) is 39.9. The third kappa shape index (κ3) is 7.62. The summed E-state index contributed by atoms with van der Waals surface area (Å²) in [5, 5.41) is 8.25. The van der Waals surface area contributed by atoms with Crippen molar-refractivity contribution in [3.63, 3.8) is 0 Å². The van der Waals surface area contributed by atoms with Crippen LogP contribution in [0.3, 0.4) is 0 Å². The summed E-state index contributed by atoms with van der Waals surface area (Å²) in [5.41, 5.74) is 2.71. The van der Waals surface area contributed by atoms with Gasteiger partial charge < -0.3 is 0 Å². The number of hydrogen-bond donors (Lipinski definition) is 0. The summed E-state index contributed by atoms with van der Waals surface area (Å²) >= 11 is -3.76. The van der Waals surface area contributed by atoms with Crippen molar-refractivity contribution in [1.29, 1.82) is 0 Å². The molecule has 4 amide bonds. The third-order valence-electron chi connectivity index (χ3n) is 15.8. The number of amides is 4. The molecule has 0 N–H and O–H groups in total. The van der Waals surface area contributed by atoms with Crippen LogP contribution < -0.4 is 7.16 Å². The van der Waals surface area contributed by atoms with Crippen molar-refractivity contribution in [3.05, 3.63) is 58.7 Å². The van der Waals surface area contributed by atoms with E-state index in [1.54, 1.807) is 9.80 Å². The normalized spacial score (nSPS) is 17.5. The van der Waals surface area contributed by atoms with E-state index in [9.17, 15) is 0 Å². The summed E-state index contributed by atoms with van der Waals surface area (Å²) in [7, 11) is 0. The van der Waals surface area contributed by atoms with Crippen LogP contribution in [0.25, 0.3) is 43.1 Å². The molecular weight excluding hydrogens is 883 g/mol. The molecule has 0 saturated heterocycles. The van der Waals surface area contributed by atoms with E-state index in [0.29, 0.717) is 34.1 Å². The average Bonchev–Trinajstić information content (AvgIpc) is 3.54. The molecule has 6 nitrogen and oxygen atoms in total. The molecule has 0 saturated carbocycles. The number of nitrogens with zero attached hydrogens (tertiary/aromatic N) is 2. The van der Waals surface area contributed by atoms with Gasteiger partial charge in [0, 0.05) is 0 Å². The fraction of sp³-hybridized carbons (Fsp3) is 0.571. The molecule has 0 spiro atoms. The van der Waals surface area contributed by atoms with Gasteiger partial charge in [-0.05, 0) is 0 Å². The topological polar surface area (TPSA) is 74.8 Å². The van der Waals surface area contributed by atoms with Crippen LogP contribution in [0.1, 0.15) is 212 Å². The van der Waals surface area contributed by atoms with Gasteiger partial charge in [0.1, 0.15) is 0 Å². The number of imide groups is 2. The van der Waals surface area contributed by atoms with Gasteiger partial charge >= 0.3 is 384 Å². The molecule has 0 aliphatic carbocycles. The van der Waals surface area contributed by atoms with Crippen molar-refractivity contribution in [2.75, 3.05) is 0 Å². The number of rotatable bonds is 24. The van der Waals surface area contributed by atoms with E-state index in [1.807, 2.05) is 12.1 Å². The molecule has 5 aromatic carbocycles. The fourth-order valence-electron chi connectivity index (χ4n) is 12.8. The molecule has 4 atom stereocenters. The maximum absolute atomic E-state index is 15.4. The van der Waals surface area contributed by atoms with Gasteiger partial charge in [0.25, 0.3) is 0 Å². The van der Waals surface area contributed by atoms with Crippen LogP contribution in [0.2, 0.25) is 8.87 Å². The standard InChI is InChI=1S/C48H56N2O4.2C4H9.Sn/c1-7-11-13-17-31(27-29(5)15-9-3)49-45(51)37-23-19-33-35-21-25-39-44-40(26-22-36(42(35)44)34-20-24-38(46(49)52)43(37)41(33)34)48(54)50(47(39)53)32(18-14-12-8-2)28-30(6)16-10-4;2*1-3-4-2;/h19,21,23-26,29-32H,7-18,27-28H2,1-6H3;2*1,3-4H2,2H3;. The van der Waals surface area contributed by atoms with Crippen LogP contribution in [-0.2, 0) is 0 Å². The third-order valence-corrected chi connectivity index (χ3v) is 30.8. The molecule has 8 rings (SSSR count). The predicted octanol–water partition coefficient (Wildman–Crippen LogP) is 14.0. The Labute approximate surface area is 381 Å². The van der Waals surface area contributed by atoms with Gasteiger partial charge in [-0.1, -0.05) is 0 Å². The minimum absolute atomic E-state index is 0.118. The first-order valence-electron chi connectivity index (χ1n) is 25.6. The number of unbranched alkanes of at least 4 members (excludes halogenated alkanes) is 6. The molecule has 7 heteroatoms. The summed E-state index contributed by atoms with van der Waals surface area (Å²) in [6.45, 7) is 18.0. The van der Waals surface area contributed by atoms with E-state index in [1.165, 1.54) is 17.9 Å². The van der Waals surface area contributed by atoms with Gasteiger partial charge in [-0.3, -0.25) is 0 Å². The summed E-state index contributed by atoms with van der Waals surface area (Å²) in [6.07, 6.45) is 18.4. The first-order valence-corrected chi connectivity index (χ1v) is 32.5. The summed E-state index contributed by atoms with van der Waals surface area (Å²) in [6, 6.07) is 12.6. The molecule has 0 aromatic heterocycles. The SMILES string of the molecule is CCCCCC(CC(C)CCC)N1C(=O)c2ccc3c4ccc5c6c(c[c]7c(c8[c](cc(c2c38)C1=O)[Sn]7([CH2]CCC)[CH2]CCC)c64)C(=O)N(C(CCCCC)CC(C)CCC)C5=O. The van der Waals surface area contributed by atoms with Gasteiger partial charge in [0.2, 0.25) is 0 Å². The Morgan fingerprint density at radius 2 is 0.810 bits per heavy atom. The first kappa shape index (κ1) is 46.0. The van der Waals surface area contributed by atoms with Crippen molar-refractivity contribution < 1.29 is 19.2 Å². The molecule has 0 fully saturated rings. The number of fused-ring (bicyclic) bond motifs is 1. The molecule has 63 heavy (non-hydrogen) atoms. The average molecular weight is 958 g/mol. The molecule has 3 aliphatic rings. The molecule has 0 bridgehead atoms. The number of carbonyl (C=O) groups is 4. The van der Waals surface area contributed by atoms with E-state index in [4.69, 9.17) is 0 Å². The van der Waals surface area contributed by atoms with Crippen LogP contribution in [0.4, 0.5) is 0 Å². The van der Waals surface area contributed by atoms with Crippen LogP contribution in [0.15, 0.2) is 36.4 Å². The summed E-state index contributed by atoms with van der Waals surface area (Å²) in [5.74, 6) is 0.289. The molecule has 3 aliphatic heterocycles. The quantitative estimate of drug-likeness (QED) is 0.0203. The molecule has 4 unspecified atom stereocenters. The van der Waals surface area contributed by atoms with Crippen molar-refractivity contribution in [3.8, 4) is 0 Å². The van der Waals surface area contributed by atoms with Crippen molar-refractivity contribution in [1.82, 2.24) is 9.80 Å². The fourth-order valence-corrected chi connectivity index (χ4v) is 29.4. The minimum atomic E-state index is -3.76. The molecule has 0 radical (unpaired) electrons. The predicted molar refractivity (Wildman–Crippen MR) is 266 cm³/mol. The van der Waals surface area contributed by atoms with E-state index >= 15 is 19.2 Å². The second-order valence-corrected chi connectivity index (χ2v) is 32.4. The van der Waals surface area contributed by atoms with Crippen LogP contribution in [-0.4, -0.2) is 63.9 Å². The Morgan fingerprint density at radius 3 is 1.17 bits per heavy atom. The summed E-state index contributed by atoms with van der Waals surface area (Å²) < 4.78 is 5.01. The van der Waals surface area contributed by atoms with Crippen molar-refractivity contribution >= 4 is 92.3 Å². The van der Waals surface area contributed by atoms with Gasteiger partial charge in [-0.2, -0.15) is 0 Å². The Balaban J connectivity index is 1.39. The van der Waals surface area contributed by atoms with Gasteiger partial charge in [0.05, 0.1) is 0 Å². The second-order valence-electron chi connectivity index (χ2n) is 20.3. The van der Waals surface area contributed by atoms with Crippen LogP contribution in [0.5, 0.6) is 0 Å². The van der Waals surface area contributed by atoms with Crippen molar-refractivity contribution in [2.45, 2.75) is 192 Å². The Bertz CT molecular complexity index is 2380. The Morgan fingerprint density at radius 1 is 0.429 bits per heavy atom. The Kier molecular flexibility index (Phi) is 14.0. The van der Waals surface area contributed by atoms with E-state index in [2.05, 4.69) is 79.7 Å². The monoisotopic (exact) mass is 958 g/mol. The Hall–Kier alpha value is -3.52. The van der Waals surface area contributed by atoms with Crippen molar-refractivity contribution in [2.24, 2.45) is 11.8 Å². The summed E-state index contributed by atoms with van der Waals surface area (Å²) in [4.78, 5) is 64.3.